The van der Waals surface area contributed by atoms with E-state index in [4.69, 9.17) is 4.74 Å². The standard InChI is InChI=1S/C13H14N2O/c1-16-11-6-2-9-3-7-13(14-10-4-5-10)15-12(9)8-11/h2-3,6-8,10H,4-5H2,1H3,(H,14,15). The third kappa shape index (κ3) is 1.81. The van der Waals surface area contributed by atoms with Crippen LogP contribution in [0.2, 0.25) is 0 Å². The van der Waals surface area contributed by atoms with Gasteiger partial charge in [-0.1, -0.05) is 0 Å². The van der Waals surface area contributed by atoms with Crippen LogP contribution >= 0.6 is 0 Å². The van der Waals surface area contributed by atoms with E-state index >= 15 is 0 Å². The molecule has 1 aromatic carbocycles. The summed E-state index contributed by atoms with van der Waals surface area (Å²) in [7, 11) is 1.67. The first-order valence-electron chi connectivity index (χ1n) is 5.56. The second-order valence-electron chi connectivity index (χ2n) is 4.17. The summed E-state index contributed by atoms with van der Waals surface area (Å²) in [5, 5.41) is 4.53. The summed E-state index contributed by atoms with van der Waals surface area (Å²) in [5.74, 6) is 1.81. The quantitative estimate of drug-likeness (QED) is 0.853. The first-order chi connectivity index (χ1) is 7.85. The maximum absolute atomic E-state index is 5.20. The van der Waals surface area contributed by atoms with E-state index in [1.165, 1.54) is 12.8 Å². The molecule has 1 aromatic heterocycles. The highest BCUT2D eigenvalue weighted by atomic mass is 16.5. The summed E-state index contributed by atoms with van der Waals surface area (Å²) in [6.45, 7) is 0. The van der Waals surface area contributed by atoms with Gasteiger partial charge < -0.3 is 10.1 Å². The lowest BCUT2D eigenvalue weighted by atomic mass is 10.2. The summed E-state index contributed by atoms with van der Waals surface area (Å²) < 4.78 is 5.20. The third-order valence-electron chi connectivity index (χ3n) is 2.83. The van der Waals surface area contributed by atoms with Gasteiger partial charge in [0.1, 0.15) is 11.6 Å². The van der Waals surface area contributed by atoms with Gasteiger partial charge in [0.15, 0.2) is 0 Å². The van der Waals surface area contributed by atoms with Gasteiger partial charge >= 0.3 is 0 Å². The molecule has 0 unspecified atom stereocenters. The molecule has 3 nitrogen and oxygen atoms in total. The molecule has 1 saturated carbocycles. The Hall–Kier alpha value is -1.77. The fraction of sp³-hybridized carbons (Fsp3) is 0.308. The van der Waals surface area contributed by atoms with E-state index in [0.29, 0.717) is 6.04 Å². The van der Waals surface area contributed by atoms with Crippen molar-refractivity contribution in [3.05, 3.63) is 30.3 Å². The Kier molecular flexibility index (Phi) is 2.17. The molecule has 16 heavy (non-hydrogen) atoms. The van der Waals surface area contributed by atoms with Gasteiger partial charge in [0.25, 0.3) is 0 Å². The van der Waals surface area contributed by atoms with Crippen LogP contribution in [-0.4, -0.2) is 18.1 Å². The number of hydrogen-bond donors (Lipinski definition) is 1. The second kappa shape index (κ2) is 3.67. The molecule has 1 heterocycles. The number of rotatable bonds is 3. The van der Waals surface area contributed by atoms with Gasteiger partial charge in [0.05, 0.1) is 12.6 Å². The van der Waals surface area contributed by atoms with Gasteiger partial charge in [-0.05, 0) is 37.1 Å². The van der Waals surface area contributed by atoms with E-state index in [1.807, 2.05) is 24.3 Å². The number of nitrogens with zero attached hydrogens (tertiary/aromatic N) is 1. The normalized spacial score (nSPS) is 15.1. The number of ether oxygens (including phenoxy) is 1. The Labute approximate surface area is 94.5 Å². The zero-order valence-electron chi connectivity index (χ0n) is 9.23. The van der Waals surface area contributed by atoms with Crippen molar-refractivity contribution in [3.63, 3.8) is 0 Å². The van der Waals surface area contributed by atoms with Crippen molar-refractivity contribution in [1.82, 2.24) is 4.98 Å². The van der Waals surface area contributed by atoms with Crippen molar-refractivity contribution in [2.24, 2.45) is 0 Å². The average molecular weight is 214 g/mol. The maximum atomic E-state index is 5.20. The minimum atomic E-state index is 0.635. The van der Waals surface area contributed by atoms with E-state index < -0.39 is 0 Å². The number of nitrogens with one attached hydrogen (secondary N) is 1. The molecule has 0 aliphatic heterocycles. The van der Waals surface area contributed by atoms with Gasteiger partial charge in [-0.15, -0.1) is 0 Å². The van der Waals surface area contributed by atoms with Crippen LogP contribution in [0.3, 0.4) is 0 Å². The third-order valence-corrected chi connectivity index (χ3v) is 2.83. The predicted molar refractivity (Wildman–Crippen MR) is 64.9 cm³/mol. The number of hydrogen-bond acceptors (Lipinski definition) is 3. The molecule has 0 saturated heterocycles. The molecule has 1 fully saturated rings. The Morgan fingerprint density at radius 3 is 2.81 bits per heavy atom. The van der Waals surface area contributed by atoms with Crippen molar-refractivity contribution in [1.29, 1.82) is 0 Å². The highest BCUT2D eigenvalue weighted by Crippen LogP contribution is 2.26. The molecule has 3 heteroatoms. The molecule has 1 aliphatic carbocycles. The molecular weight excluding hydrogens is 200 g/mol. The summed E-state index contributed by atoms with van der Waals surface area (Å²) in [6.07, 6.45) is 2.52. The summed E-state index contributed by atoms with van der Waals surface area (Å²) in [4.78, 5) is 4.57. The molecule has 0 atom stereocenters. The smallest absolute Gasteiger partial charge is 0.126 e. The number of aromatic nitrogens is 1. The molecule has 82 valence electrons. The van der Waals surface area contributed by atoms with E-state index in [9.17, 15) is 0 Å². The van der Waals surface area contributed by atoms with Crippen LogP contribution in [0.5, 0.6) is 5.75 Å². The predicted octanol–water partition coefficient (Wildman–Crippen LogP) is 2.82. The highest BCUT2D eigenvalue weighted by molar-refractivity contribution is 5.81. The lowest BCUT2D eigenvalue weighted by molar-refractivity contribution is 0.415. The molecule has 0 amide bonds. The monoisotopic (exact) mass is 214 g/mol. The van der Waals surface area contributed by atoms with Gasteiger partial charge in [0, 0.05) is 17.5 Å². The van der Waals surface area contributed by atoms with Crippen LogP contribution in [0, 0.1) is 0 Å². The molecule has 0 radical (unpaired) electrons. The number of anilines is 1. The van der Waals surface area contributed by atoms with Gasteiger partial charge in [0.2, 0.25) is 0 Å². The molecule has 3 rings (SSSR count). The molecular formula is C13H14N2O. The zero-order chi connectivity index (χ0) is 11.0. The van der Waals surface area contributed by atoms with Gasteiger partial charge in [-0.2, -0.15) is 0 Å². The first kappa shape index (κ1) is 9.46. The molecule has 0 bridgehead atoms. The van der Waals surface area contributed by atoms with Crippen LogP contribution in [0.25, 0.3) is 10.9 Å². The van der Waals surface area contributed by atoms with Crippen molar-refractivity contribution in [2.75, 3.05) is 12.4 Å². The molecule has 0 spiro atoms. The highest BCUT2D eigenvalue weighted by Gasteiger charge is 2.21. The van der Waals surface area contributed by atoms with Crippen molar-refractivity contribution < 1.29 is 4.74 Å². The van der Waals surface area contributed by atoms with Crippen molar-refractivity contribution >= 4 is 16.7 Å². The van der Waals surface area contributed by atoms with Crippen LogP contribution < -0.4 is 10.1 Å². The van der Waals surface area contributed by atoms with E-state index in [2.05, 4.69) is 16.4 Å². The van der Waals surface area contributed by atoms with Gasteiger partial charge in [-0.3, -0.25) is 0 Å². The number of fused-ring (bicyclic) bond motifs is 1. The van der Waals surface area contributed by atoms with Crippen LogP contribution in [0.1, 0.15) is 12.8 Å². The summed E-state index contributed by atoms with van der Waals surface area (Å²) in [6, 6.07) is 10.7. The Balaban J connectivity index is 1.99. The summed E-state index contributed by atoms with van der Waals surface area (Å²) >= 11 is 0. The fourth-order valence-corrected chi connectivity index (χ4v) is 1.74. The second-order valence-corrected chi connectivity index (χ2v) is 4.17. The SMILES string of the molecule is COc1ccc2ccc(NC3CC3)nc2c1. The molecule has 1 N–H and O–H groups in total. The topological polar surface area (TPSA) is 34.1 Å². The molecule has 2 aromatic rings. The number of benzene rings is 1. The lowest BCUT2D eigenvalue weighted by Gasteiger charge is -2.06. The summed E-state index contributed by atoms with van der Waals surface area (Å²) in [5.41, 5.74) is 0.977. The first-order valence-corrected chi connectivity index (χ1v) is 5.56. The molecule has 1 aliphatic rings. The van der Waals surface area contributed by atoms with E-state index in [1.54, 1.807) is 7.11 Å². The Morgan fingerprint density at radius 1 is 1.25 bits per heavy atom. The average Bonchev–Trinajstić information content (AvgIpc) is 3.12. The van der Waals surface area contributed by atoms with Crippen molar-refractivity contribution in [2.45, 2.75) is 18.9 Å². The minimum Gasteiger partial charge on any atom is -0.497 e. The largest absolute Gasteiger partial charge is 0.497 e. The van der Waals surface area contributed by atoms with E-state index in [-0.39, 0.29) is 0 Å². The minimum absolute atomic E-state index is 0.635. The van der Waals surface area contributed by atoms with Crippen LogP contribution in [0.4, 0.5) is 5.82 Å². The number of methoxy groups -OCH3 is 1. The van der Waals surface area contributed by atoms with Crippen LogP contribution in [0.15, 0.2) is 30.3 Å². The maximum Gasteiger partial charge on any atom is 0.126 e. The van der Waals surface area contributed by atoms with E-state index in [0.717, 1.165) is 22.5 Å². The number of pyridine rings is 1. The van der Waals surface area contributed by atoms with Crippen LogP contribution in [-0.2, 0) is 0 Å². The van der Waals surface area contributed by atoms with Gasteiger partial charge in [-0.25, -0.2) is 4.98 Å². The Morgan fingerprint density at radius 2 is 2.06 bits per heavy atom. The van der Waals surface area contributed by atoms with Crippen molar-refractivity contribution in [3.8, 4) is 5.75 Å². The Bertz CT molecular complexity index is 520. The zero-order valence-corrected chi connectivity index (χ0v) is 9.23. The lowest BCUT2D eigenvalue weighted by Crippen LogP contribution is -2.02. The fourth-order valence-electron chi connectivity index (χ4n) is 1.74.